The molecule has 0 aliphatic rings. The molecule has 0 fully saturated rings. The molecule has 6 heteroatoms. The molecule has 0 bridgehead atoms. The van der Waals surface area contributed by atoms with Crippen molar-refractivity contribution in [3.63, 3.8) is 0 Å². The highest BCUT2D eigenvalue weighted by atomic mass is 35.5. The molecule has 0 aliphatic carbocycles. The number of anilines is 1. The largest absolute Gasteiger partial charge is 0.350 e. The minimum atomic E-state index is -0.441. The van der Waals surface area contributed by atoms with Gasteiger partial charge in [-0.1, -0.05) is 29.8 Å². The van der Waals surface area contributed by atoms with E-state index in [2.05, 4.69) is 10.6 Å². The predicted octanol–water partition coefficient (Wildman–Crippen LogP) is 3.80. The van der Waals surface area contributed by atoms with Crippen molar-refractivity contribution in [2.24, 2.45) is 0 Å². The number of benzene rings is 2. The van der Waals surface area contributed by atoms with Gasteiger partial charge in [-0.15, -0.1) is 0 Å². The van der Waals surface area contributed by atoms with E-state index in [0.29, 0.717) is 21.8 Å². The number of hydrogen-bond acceptors (Lipinski definition) is 2. The minimum Gasteiger partial charge on any atom is -0.350 e. The molecule has 0 radical (unpaired) electrons. The van der Waals surface area contributed by atoms with Gasteiger partial charge in [-0.2, -0.15) is 0 Å². The van der Waals surface area contributed by atoms with Crippen molar-refractivity contribution >= 4 is 29.1 Å². The molecule has 0 aliphatic heterocycles. The first-order chi connectivity index (χ1) is 11.4. The average Bonchev–Trinajstić information content (AvgIpc) is 2.51. The summed E-state index contributed by atoms with van der Waals surface area (Å²) in [4.78, 5) is 24.1. The molecule has 2 rings (SSSR count). The summed E-state index contributed by atoms with van der Waals surface area (Å²) in [5, 5.41) is 5.68. The van der Waals surface area contributed by atoms with Gasteiger partial charge in [0.2, 0.25) is 5.91 Å². The van der Waals surface area contributed by atoms with Gasteiger partial charge in [0.15, 0.2) is 0 Å². The topological polar surface area (TPSA) is 58.2 Å². The Balaban J connectivity index is 2.12. The van der Waals surface area contributed by atoms with Crippen molar-refractivity contribution in [2.75, 3.05) is 5.32 Å². The van der Waals surface area contributed by atoms with Crippen LogP contribution in [0.1, 0.15) is 29.8 Å². The third-order valence-corrected chi connectivity index (χ3v) is 3.56. The van der Waals surface area contributed by atoms with Gasteiger partial charge in [-0.3, -0.25) is 9.59 Å². The van der Waals surface area contributed by atoms with Crippen LogP contribution in [0, 0.1) is 5.82 Å². The standard InChI is InChI=1S/C18H18ClFN2O2/c1-11(2)21-18(24)13-7-8-14(19)16(9-13)22-17(23)10-12-5-3-4-6-15(12)20/h3-9,11H,10H2,1-2H3,(H,21,24)(H,22,23). The van der Waals surface area contributed by atoms with E-state index in [1.807, 2.05) is 13.8 Å². The zero-order valence-electron chi connectivity index (χ0n) is 13.4. The first-order valence-corrected chi connectivity index (χ1v) is 7.88. The molecule has 2 amide bonds. The zero-order chi connectivity index (χ0) is 17.7. The van der Waals surface area contributed by atoms with Gasteiger partial charge < -0.3 is 10.6 Å². The Morgan fingerprint density at radius 3 is 2.54 bits per heavy atom. The normalized spacial score (nSPS) is 10.5. The highest BCUT2D eigenvalue weighted by Crippen LogP contribution is 2.23. The van der Waals surface area contributed by atoms with E-state index in [4.69, 9.17) is 11.6 Å². The highest BCUT2D eigenvalue weighted by molar-refractivity contribution is 6.33. The first-order valence-electron chi connectivity index (χ1n) is 7.50. The Morgan fingerprint density at radius 1 is 1.17 bits per heavy atom. The van der Waals surface area contributed by atoms with Gasteiger partial charge in [-0.25, -0.2) is 4.39 Å². The number of hydrogen-bond donors (Lipinski definition) is 2. The van der Waals surface area contributed by atoms with Crippen molar-refractivity contribution in [2.45, 2.75) is 26.3 Å². The summed E-state index contributed by atoms with van der Waals surface area (Å²) in [7, 11) is 0. The molecule has 0 heterocycles. The van der Waals surface area contributed by atoms with Crippen LogP contribution in [-0.2, 0) is 11.2 Å². The lowest BCUT2D eigenvalue weighted by atomic mass is 10.1. The van der Waals surface area contributed by atoms with Crippen molar-refractivity contribution in [1.82, 2.24) is 5.32 Å². The molecule has 2 aromatic carbocycles. The fraction of sp³-hybridized carbons (Fsp3) is 0.222. The van der Waals surface area contributed by atoms with Gasteiger partial charge in [0.1, 0.15) is 5.82 Å². The maximum Gasteiger partial charge on any atom is 0.251 e. The molecule has 0 saturated heterocycles. The molecule has 0 unspecified atom stereocenters. The second-order valence-electron chi connectivity index (χ2n) is 5.64. The van der Waals surface area contributed by atoms with Crippen LogP contribution in [0.5, 0.6) is 0 Å². The first kappa shape index (κ1) is 17.9. The molecular weight excluding hydrogens is 331 g/mol. The van der Waals surface area contributed by atoms with Crippen LogP contribution in [-0.4, -0.2) is 17.9 Å². The van der Waals surface area contributed by atoms with Crippen LogP contribution in [0.25, 0.3) is 0 Å². The van der Waals surface area contributed by atoms with E-state index < -0.39 is 11.7 Å². The molecule has 2 aromatic rings. The maximum atomic E-state index is 13.6. The number of halogens is 2. The smallest absolute Gasteiger partial charge is 0.251 e. The van der Waals surface area contributed by atoms with Crippen LogP contribution in [0.3, 0.4) is 0 Å². The SMILES string of the molecule is CC(C)NC(=O)c1ccc(Cl)c(NC(=O)Cc2ccccc2F)c1. The molecule has 0 aromatic heterocycles. The second-order valence-corrected chi connectivity index (χ2v) is 6.05. The van der Waals surface area contributed by atoms with Crippen molar-refractivity contribution in [3.05, 3.63) is 64.4 Å². The van der Waals surface area contributed by atoms with Crippen LogP contribution >= 0.6 is 11.6 Å². The third kappa shape index (κ3) is 4.80. The Hall–Kier alpha value is -2.40. The monoisotopic (exact) mass is 348 g/mol. The number of rotatable bonds is 5. The zero-order valence-corrected chi connectivity index (χ0v) is 14.2. The van der Waals surface area contributed by atoms with E-state index >= 15 is 0 Å². The van der Waals surface area contributed by atoms with Crippen molar-refractivity contribution in [1.29, 1.82) is 0 Å². The van der Waals surface area contributed by atoms with E-state index in [-0.39, 0.29) is 18.4 Å². The lowest BCUT2D eigenvalue weighted by molar-refractivity contribution is -0.115. The summed E-state index contributed by atoms with van der Waals surface area (Å²) in [5.74, 6) is -1.11. The van der Waals surface area contributed by atoms with E-state index in [1.165, 1.54) is 18.2 Å². The Bertz CT molecular complexity index is 762. The molecule has 2 N–H and O–H groups in total. The summed E-state index contributed by atoms with van der Waals surface area (Å²) in [5.41, 5.74) is 0.989. The average molecular weight is 349 g/mol. The summed E-state index contributed by atoms with van der Waals surface area (Å²) in [6.45, 7) is 3.70. The van der Waals surface area contributed by atoms with Gasteiger partial charge in [0, 0.05) is 11.6 Å². The van der Waals surface area contributed by atoms with Crippen molar-refractivity contribution in [3.8, 4) is 0 Å². The Kier molecular flexibility index (Phi) is 5.93. The van der Waals surface area contributed by atoms with E-state index in [9.17, 15) is 14.0 Å². The summed E-state index contributed by atoms with van der Waals surface area (Å²) in [6.07, 6.45) is -0.120. The summed E-state index contributed by atoms with van der Waals surface area (Å²) in [6, 6.07) is 10.7. The molecule has 0 atom stereocenters. The van der Waals surface area contributed by atoms with Gasteiger partial charge in [-0.05, 0) is 43.7 Å². The summed E-state index contributed by atoms with van der Waals surface area (Å²) >= 11 is 6.06. The molecule has 0 spiro atoms. The van der Waals surface area contributed by atoms with E-state index in [0.717, 1.165) is 0 Å². The number of nitrogens with one attached hydrogen (secondary N) is 2. The predicted molar refractivity (Wildman–Crippen MR) is 92.8 cm³/mol. The lowest BCUT2D eigenvalue weighted by Gasteiger charge is -2.12. The fourth-order valence-corrected chi connectivity index (χ4v) is 2.28. The van der Waals surface area contributed by atoms with Crippen LogP contribution in [0.2, 0.25) is 5.02 Å². The van der Waals surface area contributed by atoms with Crippen LogP contribution < -0.4 is 10.6 Å². The molecule has 0 saturated carbocycles. The fourth-order valence-electron chi connectivity index (χ4n) is 2.12. The Morgan fingerprint density at radius 2 is 1.88 bits per heavy atom. The minimum absolute atomic E-state index is 0.00715. The van der Waals surface area contributed by atoms with Crippen LogP contribution in [0.15, 0.2) is 42.5 Å². The van der Waals surface area contributed by atoms with Crippen molar-refractivity contribution < 1.29 is 14.0 Å². The number of carbonyl (C=O) groups excluding carboxylic acids is 2. The molecular formula is C18H18ClFN2O2. The molecule has 24 heavy (non-hydrogen) atoms. The number of amides is 2. The molecule has 126 valence electrons. The second kappa shape index (κ2) is 7.93. The van der Waals surface area contributed by atoms with Gasteiger partial charge >= 0.3 is 0 Å². The van der Waals surface area contributed by atoms with Gasteiger partial charge in [0.05, 0.1) is 17.1 Å². The quantitative estimate of drug-likeness (QED) is 0.863. The Labute approximate surface area is 145 Å². The van der Waals surface area contributed by atoms with E-state index in [1.54, 1.807) is 24.3 Å². The molecule has 4 nitrogen and oxygen atoms in total. The lowest BCUT2D eigenvalue weighted by Crippen LogP contribution is -2.30. The third-order valence-electron chi connectivity index (χ3n) is 3.23. The highest BCUT2D eigenvalue weighted by Gasteiger charge is 2.13. The van der Waals surface area contributed by atoms with Crippen LogP contribution in [0.4, 0.5) is 10.1 Å². The summed E-state index contributed by atoms with van der Waals surface area (Å²) < 4.78 is 13.6. The number of carbonyl (C=O) groups is 2. The van der Waals surface area contributed by atoms with Gasteiger partial charge in [0.25, 0.3) is 5.91 Å². The maximum absolute atomic E-state index is 13.6.